The zero-order valence-electron chi connectivity index (χ0n) is 14.0. The lowest BCUT2D eigenvalue weighted by Gasteiger charge is -2.42. The number of nitrogens with zero attached hydrogens (tertiary/aromatic N) is 2. The van der Waals surface area contributed by atoms with Crippen LogP contribution < -0.4 is 5.32 Å². The Bertz CT molecular complexity index is 361. The van der Waals surface area contributed by atoms with Crippen LogP contribution in [-0.4, -0.2) is 72.7 Å². The summed E-state index contributed by atoms with van der Waals surface area (Å²) in [7, 11) is 0. The Morgan fingerprint density at radius 3 is 2.81 bits per heavy atom. The maximum atomic E-state index is 12.4. The molecule has 5 heteroatoms. The van der Waals surface area contributed by atoms with E-state index in [2.05, 4.69) is 29.0 Å². The van der Waals surface area contributed by atoms with Crippen molar-refractivity contribution in [2.24, 2.45) is 0 Å². The van der Waals surface area contributed by atoms with Crippen molar-refractivity contribution in [2.45, 2.75) is 58.2 Å². The molecule has 5 nitrogen and oxygen atoms in total. The zero-order chi connectivity index (χ0) is 15.5. The molecule has 2 fully saturated rings. The van der Waals surface area contributed by atoms with E-state index in [-0.39, 0.29) is 12.0 Å². The molecule has 0 aliphatic carbocycles. The first-order chi connectivity index (χ1) is 9.94. The van der Waals surface area contributed by atoms with Crippen molar-refractivity contribution in [1.29, 1.82) is 0 Å². The molecule has 2 aliphatic heterocycles. The molecular weight excluding hydrogens is 266 g/mol. The van der Waals surface area contributed by atoms with Gasteiger partial charge in [-0.15, -0.1) is 0 Å². The maximum absolute atomic E-state index is 12.4. The second-order valence-electron chi connectivity index (χ2n) is 6.92. The molecule has 0 amide bonds. The Labute approximate surface area is 129 Å². The number of carbonyl (C=O) groups is 1. The van der Waals surface area contributed by atoms with E-state index >= 15 is 0 Å². The molecule has 0 aromatic carbocycles. The van der Waals surface area contributed by atoms with E-state index in [0.29, 0.717) is 12.6 Å². The van der Waals surface area contributed by atoms with Crippen molar-refractivity contribution in [2.75, 3.05) is 39.3 Å². The SMILES string of the molecule is CCOC(=O)C(C)(CN1CCN2CCCC2C1)NC(C)C. The number of esters is 1. The topological polar surface area (TPSA) is 44.8 Å². The van der Waals surface area contributed by atoms with E-state index in [1.165, 1.54) is 19.4 Å². The third-order valence-electron chi connectivity index (χ3n) is 4.54. The molecule has 0 bridgehead atoms. The summed E-state index contributed by atoms with van der Waals surface area (Å²) in [4.78, 5) is 17.4. The molecule has 122 valence electrons. The van der Waals surface area contributed by atoms with E-state index in [9.17, 15) is 4.79 Å². The van der Waals surface area contributed by atoms with Crippen molar-refractivity contribution in [1.82, 2.24) is 15.1 Å². The molecule has 1 N–H and O–H groups in total. The van der Waals surface area contributed by atoms with E-state index in [1.54, 1.807) is 0 Å². The van der Waals surface area contributed by atoms with Gasteiger partial charge in [0.25, 0.3) is 0 Å². The van der Waals surface area contributed by atoms with Gasteiger partial charge >= 0.3 is 5.97 Å². The number of fused-ring (bicyclic) bond motifs is 1. The predicted molar refractivity (Wildman–Crippen MR) is 84.3 cm³/mol. The zero-order valence-corrected chi connectivity index (χ0v) is 14.0. The minimum atomic E-state index is -0.620. The molecule has 2 saturated heterocycles. The third kappa shape index (κ3) is 4.18. The van der Waals surface area contributed by atoms with Crippen LogP contribution in [0.25, 0.3) is 0 Å². The lowest BCUT2D eigenvalue weighted by atomic mass is 9.99. The number of nitrogens with one attached hydrogen (secondary N) is 1. The van der Waals surface area contributed by atoms with Crippen molar-refractivity contribution >= 4 is 5.97 Å². The highest BCUT2D eigenvalue weighted by Gasteiger charge is 2.39. The van der Waals surface area contributed by atoms with Gasteiger partial charge < -0.3 is 4.74 Å². The fourth-order valence-electron chi connectivity index (χ4n) is 3.74. The summed E-state index contributed by atoms with van der Waals surface area (Å²) in [5.41, 5.74) is -0.620. The molecule has 0 radical (unpaired) electrons. The summed E-state index contributed by atoms with van der Waals surface area (Å²) < 4.78 is 5.30. The average molecular weight is 297 g/mol. The highest BCUT2D eigenvalue weighted by molar-refractivity contribution is 5.80. The Morgan fingerprint density at radius 2 is 2.14 bits per heavy atom. The quantitative estimate of drug-likeness (QED) is 0.744. The van der Waals surface area contributed by atoms with Crippen molar-refractivity contribution in [3.05, 3.63) is 0 Å². The second-order valence-corrected chi connectivity index (χ2v) is 6.92. The normalized spacial score (nSPS) is 26.6. The lowest BCUT2D eigenvalue weighted by Crippen LogP contribution is -2.62. The first kappa shape index (κ1) is 16.7. The van der Waals surface area contributed by atoms with Gasteiger partial charge in [0.1, 0.15) is 5.54 Å². The predicted octanol–water partition coefficient (Wildman–Crippen LogP) is 1.09. The molecule has 0 saturated carbocycles. The van der Waals surface area contributed by atoms with E-state index in [1.807, 2.05) is 13.8 Å². The van der Waals surface area contributed by atoms with Gasteiger partial charge in [-0.1, -0.05) is 0 Å². The first-order valence-corrected chi connectivity index (χ1v) is 8.36. The van der Waals surface area contributed by atoms with Crippen LogP contribution in [0.15, 0.2) is 0 Å². The summed E-state index contributed by atoms with van der Waals surface area (Å²) >= 11 is 0. The van der Waals surface area contributed by atoms with Gasteiger partial charge in [-0.3, -0.25) is 19.9 Å². The Morgan fingerprint density at radius 1 is 1.38 bits per heavy atom. The highest BCUT2D eigenvalue weighted by Crippen LogP contribution is 2.23. The van der Waals surface area contributed by atoms with Crippen LogP contribution in [0.5, 0.6) is 0 Å². The third-order valence-corrected chi connectivity index (χ3v) is 4.54. The number of carbonyl (C=O) groups excluding carboxylic acids is 1. The molecule has 0 aromatic heterocycles. The molecule has 2 heterocycles. The Hall–Kier alpha value is -0.650. The number of ether oxygens (including phenoxy) is 1. The minimum absolute atomic E-state index is 0.132. The molecule has 2 aliphatic rings. The summed E-state index contributed by atoms with van der Waals surface area (Å²) in [5, 5.41) is 3.42. The average Bonchev–Trinajstić information content (AvgIpc) is 2.85. The van der Waals surface area contributed by atoms with Gasteiger partial charge in [-0.2, -0.15) is 0 Å². The van der Waals surface area contributed by atoms with E-state index < -0.39 is 5.54 Å². The summed E-state index contributed by atoms with van der Waals surface area (Å²) in [6.45, 7) is 13.7. The second kappa shape index (κ2) is 7.07. The lowest BCUT2D eigenvalue weighted by molar-refractivity contribution is -0.152. The monoisotopic (exact) mass is 297 g/mol. The van der Waals surface area contributed by atoms with E-state index in [4.69, 9.17) is 4.74 Å². The Balaban J connectivity index is 1.99. The number of rotatable bonds is 6. The summed E-state index contributed by atoms with van der Waals surface area (Å²) in [6, 6.07) is 0.941. The number of piperazine rings is 1. The van der Waals surface area contributed by atoms with Crippen LogP contribution in [0, 0.1) is 0 Å². The maximum Gasteiger partial charge on any atom is 0.327 e. The molecule has 2 unspecified atom stereocenters. The first-order valence-electron chi connectivity index (χ1n) is 8.36. The molecule has 0 spiro atoms. The largest absolute Gasteiger partial charge is 0.465 e. The molecular formula is C16H31N3O2. The highest BCUT2D eigenvalue weighted by atomic mass is 16.5. The number of hydrogen-bond donors (Lipinski definition) is 1. The van der Waals surface area contributed by atoms with Gasteiger partial charge in [0, 0.05) is 38.3 Å². The molecule has 2 atom stereocenters. The van der Waals surface area contributed by atoms with Crippen molar-refractivity contribution in [3.8, 4) is 0 Å². The van der Waals surface area contributed by atoms with Gasteiger partial charge in [-0.05, 0) is 47.1 Å². The fraction of sp³-hybridized carbons (Fsp3) is 0.938. The van der Waals surface area contributed by atoms with E-state index in [0.717, 1.165) is 26.2 Å². The van der Waals surface area contributed by atoms with Gasteiger partial charge in [0.2, 0.25) is 0 Å². The van der Waals surface area contributed by atoms with Crippen molar-refractivity contribution in [3.63, 3.8) is 0 Å². The number of hydrogen-bond acceptors (Lipinski definition) is 5. The van der Waals surface area contributed by atoms with Gasteiger partial charge in [0.05, 0.1) is 6.61 Å². The minimum Gasteiger partial charge on any atom is -0.465 e. The van der Waals surface area contributed by atoms with Crippen LogP contribution in [-0.2, 0) is 9.53 Å². The van der Waals surface area contributed by atoms with Crippen LogP contribution in [0.3, 0.4) is 0 Å². The molecule has 21 heavy (non-hydrogen) atoms. The molecule has 2 rings (SSSR count). The van der Waals surface area contributed by atoms with Gasteiger partial charge in [0.15, 0.2) is 0 Å². The van der Waals surface area contributed by atoms with Crippen LogP contribution in [0.1, 0.15) is 40.5 Å². The summed E-state index contributed by atoms with van der Waals surface area (Å²) in [5.74, 6) is -0.132. The standard InChI is InChI=1S/C16H31N3O2/c1-5-21-15(20)16(4,17-13(2)3)12-18-9-10-19-8-6-7-14(19)11-18/h13-14,17H,5-12H2,1-4H3. The van der Waals surface area contributed by atoms with Crippen LogP contribution >= 0.6 is 0 Å². The fourth-order valence-corrected chi connectivity index (χ4v) is 3.74. The van der Waals surface area contributed by atoms with Gasteiger partial charge in [-0.25, -0.2) is 0 Å². The van der Waals surface area contributed by atoms with Crippen molar-refractivity contribution < 1.29 is 9.53 Å². The smallest absolute Gasteiger partial charge is 0.327 e. The molecule has 0 aromatic rings. The summed E-state index contributed by atoms with van der Waals surface area (Å²) in [6.07, 6.45) is 2.61. The van der Waals surface area contributed by atoms with Crippen LogP contribution in [0.2, 0.25) is 0 Å². The Kier molecular flexibility index (Phi) is 5.63. The van der Waals surface area contributed by atoms with Crippen LogP contribution in [0.4, 0.5) is 0 Å².